The first kappa shape index (κ1) is 26.4. The third kappa shape index (κ3) is 5.00. The Kier molecular flexibility index (Phi) is 6.91. The van der Waals surface area contributed by atoms with E-state index >= 15 is 0 Å². The summed E-state index contributed by atoms with van der Waals surface area (Å²) in [7, 11) is -3.93. The van der Waals surface area contributed by atoms with Gasteiger partial charge in [0.25, 0.3) is 16.0 Å². The number of para-hydroxylation sites is 1. The van der Waals surface area contributed by atoms with Gasteiger partial charge in [-0.2, -0.15) is 4.98 Å². The molecule has 2 aromatic carbocycles. The molecule has 0 saturated heterocycles. The summed E-state index contributed by atoms with van der Waals surface area (Å²) >= 11 is 1.17. The number of hydrogen-bond donors (Lipinski definition) is 2. The van der Waals surface area contributed by atoms with Gasteiger partial charge in [0.2, 0.25) is 5.88 Å². The average Bonchev–Trinajstić information content (AvgIpc) is 3.56. The standard InChI is InChI=1S/C27H26N4O6S2/c1-5-36-27-28-22-8-6-7-20(25(32)33)23(22)31(27)14-18-9-11-19(12-10-18)21-13-15(2)38-26(21)39(34,35)30-24-16(3)17(4)29-37-24/h6-13,30H,5,14H2,1-4H3,(H,32,33). The number of rotatable bonds is 9. The van der Waals surface area contributed by atoms with Crippen LogP contribution in [0.5, 0.6) is 6.01 Å². The number of carboxylic acids is 1. The molecule has 0 aliphatic heterocycles. The molecule has 0 aliphatic rings. The molecule has 5 rings (SSSR count). The van der Waals surface area contributed by atoms with E-state index in [1.807, 2.05) is 44.2 Å². The van der Waals surface area contributed by atoms with Crippen LogP contribution in [-0.4, -0.2) is 40.8 Å². The highest BCUT2D eigenvalue weighted by Gasteiger charge is 2.26. The minimum atomic E-state index is -3.93. The number of hydrogen-bond acceptors (Lipinski definition) is 8. The number of aromatic carboxylic acids is 1. The normalized spacial score (nSPS) is 11.7. The molecule has 0 fully saturated rings. The molecular formula is C27H26N4O6S2. The smallest absolute Gasteiger partial charge is 0.337 e. The molecule has 0 unspecified atom stereocenters. The van der Waals surface area contributed by atoms with Crippen LogP contribution in [0.3, 0.4) is 0 Å². The van der Waals surface area contributed by atoms with Crippen molar-refractivity contribution in [3.63, 3.8) is 0 Å². The molecule has 10 nitrogen and oxygen atoms in total. The molecule has 2 N–H and O–H groups in total. The first-order chi connectivity index (χ1) is 18.6. The quantitative estimate of drug-likeness (QED) is 0.234. The minimum Gasteiger partial charge on any atom is -0.478 e. The number of nitrogens with zero attached hydrogens (tertiary/aromatic N) is 3. The zero-order valence-corrected chi connectivity index (χ0v) is 23.3. The van der Waals surface area contributed by atoms with Crippen molar-refractivity contribution >= 4 is 44.2 Å². The molecule has 202 valence electrons. The summed E-state index contributed by atoms with van der Waals surface area (Å²) in [6.45, 7) is 7.86. The van der Waals surface area contributed by atoms with E-state index < -0.39 is 16.0 Å². The Bertz CT molecular complexity index is 1800. The first-order valence-corrected chi connectivity index (χ1v) is 14.4. The lowest BCUT2D eigenvalue weighted by atomic mass is 10.1. The van der Waals surface area contributed by atoms with Gasteiger partial charge in [0, 0.05) is 16.0 Å². The lowest BCUT2D eigenvalue weighted by Crippen LogP contribution is -2.12. The number of aryl methyl sites for hydroxylation is 2. The van der Waals surface area contributed by atoms with E-state index in [9.17, 15) is 18.3 Å². The summed E-state index contributed by atoms with van der Waals surface area (Å²) in [5.74, 6) is -0.954. The number of fused-ring (bicyclic) bond motifs is 1. The SMILES string of the molecule is CCOc1nc2cccc(C(=O)O)c2n1Cc1ccc(-c2cc(C)sc2S(=O)(=O)Nc2onc(C)c2C)cc1. The monoisotopic (exact) mass is 566 g/mol. The summed E-state index contributed by atoms with van der Waals surface area (Å²) in [6, 6.07) is 14.6. The molecule has 3 aromatic heterocycles. The molecule has 0 saturated carbocycles. The highest BCUT2D eigenvalue weighted by molar-refractivity contribution is 7.94. The number of imidazole rings is 1. The van der Waals surface area contributed by atoms with E-state index in [1.54, 1.807) is 30.5 Å². The third-order valence-electron chi connectivity index (χ3n) is 6.29. The molecule has 5 aromatic rings. The Morgan fingerprint density at radius 1 is 1.15 bits per heavy atom. The van der Waals surface area contributed by atoms with Crippen LogP contribution in [0.1, 0.15) is 39.0 Å². The number of carbonyl (C=O) groups is 1. The molecule has 0 radical (unpaired) electrons. The predicted octanol–water partition coefficient (Wildman–Crippen LogP) is 5.62. The van der Waals surface area contributed by atoms with Gasteiger partial charge in [0.15, 0.2) is 0 Å². The highest BCUT2D eigenvalue weighted by atomic mass is 32.2. The van der Waals surface area contributed by atoms with Crippen LogP contribution in [-0.2, 0) is 16.6 Å². The number of nitrogens with one attached hydrogen (secondary N) is 1. The van der Waals surface area contributed by atoms with Crippen molar-refractivity contribution in [1.29, 1.82) is 0 Å². The number of ether oxygens (including phenoxy) is 1. The van der Waals surface area contributed by atoms with Crippen molar-refractivity contribution < 1.29 is 27.6 Å². The summed E-state index contributed by atoms with van der Waals surface area (Å²) in [4.78, 5) is 17.2. The maximum absolute atomic E-state index is 13.3. The fourth-order valence-electron chi connectivity index (χ4n) is 4.27. The summed E-state index contributed by atoms with van der Waals surface area (Å²) in [5.41, 5.74) is 4.54. The molecule has 0 aliphatic carbocycles. The zero-order valence-electron chi connectivity index (χ0n) is 21.7. The summed E-state index contributed by atoms with van der Waals surface area (Å²) in [5, 5.41) is 13.6. The lowest BCUT2D eigenvalue weighted by molar-refractivity contribution is 0.0698. The number of sulfonamides is 1. The number of thiophene rings is 1. The molecule has 0 spiro atoms. The van der Waals surface area contributed by atoms with Crippen LogP contribution < -0.4 is 9.46 Å². The average molecular weight is 567 g/mol. The number of carboxylic acid groups (broad SMARTS) is 1. The first-order valence-electron chi connectivity index (χ1n) is 12.1. The summed E-state index contributed by atoms with van der Waals surface area (Å²) in [6.07, 6.45) is 0. The van der Waals surface area contributed by atoms with E-state index in [1.165, 1.54) is 17.4 Å². The van der Waals surface area contributed by atoms with Gasteiger partial charge in [-0.05, 0) is 57.0 Å². The van der Waals surface area contributed by atoms with E-state index in [2.05, 4.69) is 14.9 Å². The van der Waals surface area contributed by atoms with Crippen molar-refractivity contribution in [3.8, 4) is 17.1 Å². The van der Waals surface area contributed by atoms with Crippen LogP contribution in [0.2, 0.25) is 0 Å². The van der Waals surface area contributed by atoms with Gasteiger partial charge in [-0.25, -0.2) is 17.9 Å². The van der Waals surface area contributed by atoms with Crippen LogP contribution in [0.15, 0.2) is 57.3 Å². The highest BCUT2D eigenvalue weighted by Crippen LogP contribution is 2.37. The second-order valence-electron chi connectivity index (χ2n) is 8.97. The van der Waals surface area contributed by atoms with Crippen molar-refractivity contribution in [2.24, 2.45) is 0 Å². The number of anilines is 1. The van der Waals surface area contributed by atoms with Gasteiger partial charge >= 0.3 is 5.97 Å². The Morgan fingerprint density at radius 3 is 2.54 bits per heavy atom. The molecule has 39 heavy (non-hydrogen) atoms. The Balaban J connectivity index is 1.49. The topological polar surface area (TPSA) is 137 Å². The molecule has 0 atom stereocenters. The maximum atomic E-state index is 13.3. The van der Waals surface area contributed by atoms with Gasteiger partial charge < -0.3 is 14.4 Å². The van der Waals surface area contributed by atoms with Gasteiger partial charge in [0.05, 0.1) is 35.4 Å². The van der Waals surface area contributed by atoms with Crippen molar-refractivity contribution in [2.75, 3.05) is 11.3 Å². The van der Waals surface area contributed by atoms with Crippen LogP contribution in [0.25, 0.3) is 22.2 Å². The van der Waals surface area contributed by atoms with Crippen LogP contribution in [0, 0.1) is 20.8 Å². The number of benzene rings is 2. The molecule has 3 heterocycles. The zero-order chi connectivity index (χ0) is 27.9. The lowest BCUT2D eigenvalue weighted by Gasteiger charge is -2.11. The molecule has 0 amide bonds. The Morgan fingerprint density at radius 2 is 1.90 bits per heavy atom. The second kappa shape index (κ2) is 10.2. The second-order valence-corrected chi connectivity index (χ2v) is 12.1. The Hall–Kier alpha value is -4.16. The molecular weight excluding hydrogens is 540 g/mol. The fourth-order valence-corrected chi connectivity index (χ4v) is 6.98. The number of aromatic nitrogens is 3. The van der Waals surface area contributed by atoms with Gasteiger partial charge in [-0.1, -0.05) is 35.5 Å². The maximum Gasteiger partial charge on any atom is 0.337 e. The van der Waals surface area contributed by atoms with E-state index in [0.717, 1.165) is 16.0 Å². The van der Waals surface area contributed by atoms with E-state index in [4.69, 9.17) is 9.26 Å². The minimum absolute atomic E-state index is 0.0956. The van der Waals surface area contributed by atoms with Crippen LogP contribution >= 0.6 is 11.3 Å². The van der Waals surface area contributed by atoms with Gasteiger partial charge in [0.1, 0.15) is 4.21 Å². The Labute approximate surface area is 228 Å². The van der Waals surface area contributed by atoms with E-state index in [-0.39, 0.29) is 15.7 Å². The van der Waals surface area contributed by atoms with Gasteiger partial charge in [-0.3, -0.25) is 4.57 Å². The summed E-state index contributed by atoms with van der Waals surface area (Å²) < 4.78 is 41.9. The van der Waals surface area contributed by atoms with Crippen molar-refractivity contribution in [2.45, 2.75) is 38.4 Å². The van der Waals surface area contributed by atoms with Crippen LogP contribution in [0.4, 0.5) is 5.88 Å². The fraction of sp³-hybridized carbons (Fsp3) is 0.222. The van der Waals surface area contributed by atoms with Crippen molar-refractivity contribution in [1.82, 2.24) is 14.7 Å². The molecule has 12 heteroatoms. The van der Waals surface area contributed by atoms with Gasteiger partial charge in [-0.15, -0.1) is 11.3 Å². The predicted molar refractivity (Wildman–Crippen MR) is 148 cm³/mol. The third-order valence-corrected chi connectivity index (χ3v) is 9.21. The molecule has 0 bridgehead atoms. The van der Waals surface area contributed by atoms with E-state index in [0.29, 0.717) is 47.0 Å². The van der Waals surface area contributed by atoms with Crippen molar-refractivity contribution in [3.05, 3.63) is 75.8 Å². The largest absolute Gasteiger partial charge is 0.478 e.